The standard InChI is InChI=1S/C17H25N3O/c1-19-10-7-15(8-11-19)17(21)20-12-9-18-13-16(20)14-5-3-2-4-6-14/h2-6,15-16,18H,7-13H2,1H3. The first kappa shape index (κ1) is 14.5. The van der Waals surface area contributed by atoms with Gasteiger partial charge in [0.1, 0.15) is 0 Å². The topological polar surface area (TPSA) is 35.6 Å². The lowest BCUT2D eigenvalue weighted by Gasteiger charge is -2.40. The minimum Gasteiger partial charge on any atom is -0.333 e. The van der Waals surface area contributed by atoms with E-state index in [4.69, 9.17) is 0 Å². The Labute approximate surface area is 127 Å². The third kappa shape index (κ3) is 3.27. The molecule has 2 aliphatic heterocycles. The highest BCUT2D eigenvalue weighted by atomic mass is 16.2. The molecule has 1 aromatic rings. The van der Waals surface area contributed by atoms with Crippen LogP contribution in [-0.4, -0.2) is 55.5 Å². The minimum atomic E-state index is 0.187. The SMILES string of the molecule is CN1CCC(C(=O)N2CCNCC2c2ccccc2)CC1. The van der Waals surface area contributed by atoms with E-state index in [-0.39, 0.29) is 12.0 Å². The van der Waals surface area contributed by atoms with Gasteiger partial charge in [0.05, 0.1) is 6.04 Å². The quantitative estimate of drug-likeness (QED) is 0.895. The highest BCUT2D eigenvalue weighted by Crippen LogP contribution is 2.27. The second kappa shape index (κ2) is 6.58. The first-order chi connectivity index (χ1) is 10.3. The zero-order valence-electron chi connectivity index (χ0n) is 12.8. The molecule has 1 N–H and O–H groups in total. The van der Waals surface area contributed by atoms with Crippen molar-refractivity contribution in [3.63, 3.8) is 0 Å². The number of amides is 1. The smallest absolute Gasteiger partial charge is 0.226 e. The summed E-state index contributed by atoms with van der Waals surface area (Å²) < 4.78 is 0. The van der Waals surface area contributed by atoms with Crippen molar-refractivity contribution >= 4 is 5.91 Å². The number of rotatable bonds is 2. The van der Waals surface area contributed by atoms with Crippen molar-refractivity contribution < 1.29 is 4.79 Å². The molecule has 114 valence electrons. The van der Waals surface area contributed by atoms with Gasteiger partial charge in [-0.15, -0.1) is 0 Å². The van der Waals surface area contributed by atoms with Gasteiger partial charge in [0.2, 0.25) is 5.91 Å². The predicted octanol–water partition coefficient (Wildman–Crippen LogP) is 1.50. The van der Waals surface area contributed by atoms with Crippen molar-refractivity contribution in [2.45, 2.75) is 18.9 Å². The lowest BCUT2D eigenvalue weighted by atomic mass is 9.93. The van der Waals surface area contributed by atoms with Gasteiger partial charge >= 0.3 is 0 Å². The van der Waals surface area contributed by atoms with Crippen LogP contribution in [0.2, 0.25) is 0 Å². The van der Waals surface area contributed by atoms with E-state index < -0.39 is 0 Å². The number of likely N-dealkylation sites (tertiary alicyclic amines) is 1. The van der Waals surface area contributed by atoms with Crippen molar-refractivity contribution in [3.05, 3.63) is 35.9 Å². The van der Waals surface area contributed by atoms with Crippen LogP contribution < -0.4 is 5.32 Å². The lowest BCUT2D eigenvalue weighted by Crippen LogP contribution is -2.51. The van der Waals surface area contributed by atoms with Crippen LogP contribution in [0.15, 0.2) is 30.3 Å². The van der Waals surface area contributed by atoms with Gasteiger partial charge in [0, 0.05) is 25.6 Å². The fourth-order valence-electron chi connectivity index (χ4n) is 3.43. The van der Waals surface area contributed by atoms with E-state index in [1.165, 1.54) is 5.56 Å². The molecular weight excluding hydrogens is 262 g/mol. The summed E-state index contributed by atoms with van der Waals surface area (Å²) in [5.41, 5.74) is 1.24. The number of nitrogens with zero attached hydrogens (tertiary/aromatic N) is 2. The molecule has 4 heteroatoms. The number of benzene rings is 1. The van der Waals surface area contributed by atoms with Crippen molar-refractivity contribution in [3.8, 4) is 0 Å². The van der Waals surface area contributed by atoms with E-state index in [0.29, 0.717) is 5.91 Å². The van der Waals surface area contributed by atoms with Crippen LogP contribution in [0.3, 0.4) is 0 Å². The first-order valence-electron chi connectivity index (χ1n) is 8.00. The molecule has 1 aromatic carbocycles. The van der Waals surface area contributed by atoms with Crippen molar-refractivity contribution in [1.82, 2.24) is 15.1 Å². The molecule has 2 aliphatic rings. The van der Waals surface area contributed by atoms with Crippen LogP contribution in [-0.2, 0) is 4.79 Å². The Morgan fingerprint density at radius 1 is 1.14 bits per heavy atom. The zero-order valence-corrected chi connectivity index (χ0v) is 12.8. The molecule has 2 saturated heterocycles. The normalized spacial score (nSPS) is 25.0. The molecule has 1 unspecified atom stereocenters. The Bertz CT molecular complexity index is 468. The highest BCUT2D eigenvalue weighted by molar-refractivity contribution is 5.79. The van der Waals surface area contributed by atoms with Gasteiger partial charge in [0.15, 0.2) is 0 Å². The van der Waals surface area contributed by atoms with Gasteiger partial charge in [-0.3, -0.25) is 4.79 Å². The number of nitrogens with one attached hydrogen (secondary N) is 1. The van der Waals surface area contributed by atoms with Crippen LogP contribution in [0.4, 0.5) is 0 Å². The largest absolute Gasteiger partial charge is 0.333 e. The van der Waals surface area contributed by atoms with Gasteiger partial charge in [-0.05, 0) is 38.5 Å². The maximum Gasteiger partial charge on any atom is 0.226 e. The maximum absolute atomic E-state index is 12.9. The molecule has 2 fully saturated rings. The van der Waals surface area contributed by atoms with Crippen molar-refractivity contribution in [2.75, 3.05) is 39.8 Å². The van der Waals surface area contributed by atoms with Crippen LogP contribution >= 0.6 is 0 Å². The van der Waals surface area contributed by atoms with E-state index in [1.807, 2.05) is 6.07 Å². The Hall–Kier alpha value is -1.39. The summed E-state index contributed by atoms with van der Waals surface area (Å²) in [6.45, 7) is 4.67. The predicted molar refractivity (Wildman–Crippen MR) is 84.0 cm³/mol. The third-order valence-electron chi connectivity index (χ3n) is 4.78. The number of piperidine rings is 1. The number of piperazine rings is 1. The monoisotopic (exact) mass is 287 g/mol. The number of carbonyl (C=O) groups excluding carboxylic acids is 1. The van der Waals surface area contributed by atoms with E-state index in [0.717, 1.165) is 45.6 Å². The molecule has 21 heavy (non-hydrogen) atoms. The lowest BCUT2D eigenvalue weighted by molar-refractivity contribution is -0.140. The first-order valence-corrected chi connectivity index (χ1v) is 8.00. The Kier molecular flexibility index (Phi) is 4.56. The molecule has 0 aromatic heterocycles. The van der Waals surface area contributed by atoms with Crippen molar-refractivity contribution in [2.24, 2.45) is 5.92 Å². The van der Waals surface area contributed by atoms with Gasteiger partial charge < -0.3 is 15.1 Å². The zero-order chi connectivity index (χ0) is 14.7. The summed E-state index contributed by atoms with van der Waals surface area (Å²) in [6.07, 6.45) is 2.00. The average Bonchev–Trinajstić information content (AvgIpc) is 2.56. The average molecular weight is 287 g/mol. The summed E-state index contributed by atoms with van der Waals surface area (Å²) in [5.74, 6) is 0.573. The number of carbonyl (C=O) groups is 1. The molecule has 0 bridgehead atoms. The van der Waals surface area contributed by atoms with Crippen LogP contribution in [0.5, 0.6) is 0 Å². The van der Waals surface area contributed by atoms with Crippen LogP contribution in [0.1, 0.15) is 24.4 Å². The fraction of sp³-hybridized carbons (Fsp3) is 0.588. The minimum absolute atomic E-state index is 0.187. The molecule has 0 spiro atoms. The van der Waals surface area contributed by atoms with E-state index in [2.05, 4.69) is 46.4 Å². The van der Waals surface area contributed by atoms with E-state index in [1.54, 1.807) is 0 Å². The summed E-state index contributed by atoms with van der Waals surface area (Å²) in [6, 6.07) is 10.6. The van der Waals surface area contributed by atoms with Gasteiger partial charge in [-0.1, -0.05) is 30.3 Å². The number of hydrogen-bond acceptors (Lipinski definition) is 3. The third-order valence-corrected chi connectivity index (χ3v) is 4.78. The van der Waals surface area contributed by atoms with Gasteiger partial charge in [-0.25, -0.2) is 0 Å². The highest BCUT2D eigenvalue weighted by Gasteiger charge is 2.33. The summed E-state index contributed by atoms with van der Waals surface area (Å²) in [5, 5.41) is 3.43. The molecule has 1 atom stereocenters. The molecule has 2 heterocycles. The van der Waals surface area contributed by atoms with E-state index in [9.17, 15) is 4.79 Å². The van der Waals surface area contributed by atoms with Gasteiger partial charge in [-0.2, -0.15) is 0 Å². The molecule has 4 nitrogen and oxygen atoms in total. The summed E-state index contributed by atoms with van der Waals surface area (Å²) in [7, 11) is 2.14. The second-order valence-electron chi connectivity index (χ2n) is 6.24. The molecule has 0 radical (unpaired) electrons. The molecule has 0 saturated carbocycles. The van der Waals surface area contributed by atoms with Crippen molar-refractivity contribution in [1.29, 1.82) is 0 Å². The maximum atomic E-state index is 12.9. The number of hydrogen-bond donors (Lipinski definition) is 1. The van der Waals surface area contributed by atoms with Crippen LogP contribution in [0.25, 0.3) is 0 Å². The Morgan fingerprint density at radius 3 is 2.57 bits per heavy atom. The van der Waals surface area contributed by atoms with E-state index >= 15 is 0 Å². The summed E-state index contributed by atoms with van der Waals surface area (Å²) >= 11 is 0. The van der Waals surface area contributed by atoms with Gasteiger partial charge in [0.25, 0.3) is 0 Å². The molecule has 0 aliphatic carbocycles. The van der Waals surface area contributed by atoms with Crippen LogP contribution in [0, 0.1) is 5.92 Å². The Balaban J connectivity index is 1.73. The molecule has 1 amide bonds. The molecular formula is C17H25N3O. The Morgan fingerprint density at radius 2 is 1.86 bits per heavy atom. The summed E-state index contributed by atoms with van der Waals surface area (Å²) in [4.78, 5) is 17.4. The second-order valence-corrected chi connectivity index (χ2v) is 6.24. The molecule has 3 rings (SSSR count). The fourth-order valence-corrected chi connectivity index (χ4v) is 3.43.